The van der Waals surface area contributed by atoms with E-state index in [0.29, 0.717) is 35.5 Å². The summed E-state index contributed by atoms with van der Waals surface area (Å²) in [7, 11) is 1.38. The molecule has 4 heterocycles. The molecule has 8 nitrogen and oxygen atoms in total. The number of cyclic esters (lactones) is 1. The molecule has 0 amide bonds. The molecule has 1 aromatic carbocycles. The summed E-state index contributed by atoms with van der Waals surface area (Å²) in [5.41, 5.74) is 3.59. The van der Waals surface area contributed by atoms with Crippen molar-refractivity contribution in [3.05, 3.63) is 62.4 Å². The van der Waals surface area contributed by atoms with Gasteiger partial charge in [-0.1, -0.05) is 26.0 Å². The van der Waals surface area contributed by atoms with Gasteiger partial charge in [-0.25, -0.2) is 9.78 Å². The molecule has 0 fully saturated rings. The van der Waals surface area contributed by atoms with Gasteiger partial charge >= 0.3 is 11.9 Å². The predicted molar refractivity (Wildman–Crippen MR) is 124 cm³/mol. The summed E-state index contributed by atoms with van der Waals surface area (Å²) >= 11 is 0. The maximum absolute atomic E-state index is 13.4. The van der Waals surface area contributed by atoms with Crippen LogP contribution in [0.4, 0.5) is 0 Å². The second-order valence-electron chi connectivity index (χ2n) is 8.76. The smallest absolute Gasteiger partial charge is 0.343 e. The Balaban J connectivity index is 1.73. The SMILES string of the molecule is CCc1c2c(nc3cccc(CCC(=O)OC)c13)-c1cc3c(c(=O)n1C2)COC(=O)C3(O)CC. The molecule has 3 aromatic rings. The van der Waals surface area contributed by atoms with Crippen molar-refractivity contribution in [2.45, 2.75) is 58.3 Å². The molecule has 34 heavy (non-hydrogen) atoms. The normalized spacial score (nSPS) is 18.3. The van der Waals surface area contributed by atoms with Gasteiger partial charge in [0, 0.05) is 22.9 Å². The quantitative estimate of drug-likeness (QED) is 0.455. The number of carbonyl (C=O) groups is 2. The molecule has 0 bridgehead atoms. The van der Waals surface area contributed by atoms with E-state index >= 15 is 0 Å². The first-order chi connectivity index (χ1) is 16.3. The van der Waals surface area contributed by atoms with Crippen LogP contribution >= 0.6 is 0 Å². The van der Waals surface area contributed by atoms with Gasteiger partial charge in [0.25, 0.3) is 5.56 Å². The number of aromatic nitrogens is 2. The maximum atomic E-state index is 13.4. The van der Waals surface area contributed by atoms with Gasteiger partial charge in [0.15, 0.2) is 5.60 Å². The molecule has 2 aliphatic rings. The molecule has 2 aromatic heterocycles. The highest BCUT2D eigenvalue weighted by atomic mass is 16.6. The molecule has 0 aliphatic carbocycles. The van der Waals surface area contributed by atoms with E-state index in [1.807, 2.05) is 18.2 Å². The van der Waals surface area contributed by atoms with Gasteiger partial charge in [0.05, 0.1) is 36.1 Å². The first-order valence-electron chi connectivity index (χ1n) is 11.5. The van der Waals surface area contributed by atoms with Gasteiger partial charge < -0.3 is 19.1 Å². The standard InChI is InChI=1S/C26H26N2O6/c1-4-15-16-12-28-20(11-18-17(24(28)30)13-34-25(31)26(18,32)5-2)23(16)27-19-8-6-7-14(22(15)19)9-10-21(29)33-3/h6-8,11,32H,4-5,9-10,12-13H2,1-3H3. The molecule has 1 N–H and O–H groups in total. The van der Waals surface area contributed by atoms with E-state index in [9.17, 15) is 19.5 Å². The fourth-order valence-corrected chi connectivity index (χ4v) is 5.24. The van der Waals surface area contributed by atoms with E-state index in [1.54, 1.807) is 17.6 Å². The second-order valence-corrected chi connectivity index (χ2v) is 8.76. The lowest BCUT2D eigenvalue weighted by Crippen LogP contribution is -2.44. The molecule has 176 valence electrons. The van der Waals surface area contributed by atoms with E-state index in [-0.39, 0.29) is 31.0 Å². The second kappa shape index (κ2) is 8.06. The Bertz CT molecular complexity index is 1420. The van der Waals surface area contributed by atoms with Gasteiger partial charge in [-0.2, -0.15) is 0 Å². The number of ether oxygens (including phenoxy) is 2. The van der Waals surface area contributed by atoms with E-state index in [4.69, 9.17) is 14.5 Å². The summed E-state index contributed by atoms with van der Waals surface area (Å²) in [6, 6.07) is 7.56. The molecule has 1 atom stereocenters. The number of esters is 2. The lowest BCUT2D eigenvalue weighted by atomic mass is 9.86. The number of fused-ring (bicyclic) bond motifs is 5. The Morgan fingerprint density at radius 3 is 2.76 bits per heavy atom. The number of nitrogens with zero attached hydrogens (tertiary/aromatic N) is 2. The van der Waals surface area contributed by atoms with Crippen molar-refractivity contribution in [1.29, 1.82) is 0 Å². The summed E-state index contributed by atoms with van der Waals surface area (Å²) in [5, 5.41) is 12.1. The van der Waals surface area contributed by atoms with Crippen LogP contribution in [0.2, 0.25) is 0 Å². The average Bonchev–Trinajstić information content (AvgIpc) is 3.22. The van der Waals surface area contributed by atoms with Crippen molar-refractivity contribution >= 4 is 22.8 Å². The van der Waals surface area contributed by atoms with E-state index in [0.717, 1.165) is 34.0 Å². The van der Waals surface area contributed by atoms with Crippen LogP contribution in [0.3, 0.4) is 0 Å². The Morgan fingerprint density at radius 2 is 2.06 bits per heavy atom. The molecular formula is C26H26N2O6. The summed E-state index contributed by atoms with van der Waals surface area (Å²) in [6.45, 7) is 3.95. The minimum atomic E-state index is -1.85. The van der Waals surface area contributed by atoms with Crippen LogP contribution in [0.25, 0.3) is 22.3 Å². The van der Waals surface area contributed by atoms with Crippen molar-refractivity contribution in [1.82, 2.24) is 9.55 Å². The van der Waals surface area contributed by atoms with Gasteiger partial charge in [-0.15, -0.1) is 0 Å². The van der Waals surface area contributed by atoms with Crippen molar-refractivity contribution in [2.24, 2.45) is 0 Å². The fourth-order valence-electron chi connectivity index (χ4n) is 5.24. The van der Waals surface area contributed by atoms with E-state index < -0.39 is 11.6 Å². The van der Waals surface area contributed by atoms with Crippen LogP contribution in [-0.2, 0) is 50.7 Å². The Kier molecular flexibility index (Phi) is 5.28. The molecular weight excluding hydrogens is 436 g/mol. The van der Waals surface area contributed by atoms with Crippen molar-refractivity contribution < 1.29 is 24.2 Å². The molecule has 0 spiro atoms. The fraction of sp³-hybridized carbons (Fsp3) is 0.385. The van der Waals surface area contributed by atoms with Crippen molar-refractivity contribution in [3.8, 4) is 11.4 Å². The maximum Gasteiger partial charge on any atom is 0.343 e. The summed E-state index contributed by atoms with van der Waals surface area (Å²) < 4.78 is 11.6. The molecule has 0 saturated heterocycles. The first kappa shape index (κ1) is 22.3. The third-order valence-electron chi connectivity index (χ3n) is 7.09. The minimum absolute atomic E-state index is 0.101. The molecule has 5 rings (SSSR count). The zero-order valence-corrected chi connectivity index (χ0v) is 19.4. The molecule has 2 aliphatic heterocycles. The van der Waals surface area contributed by atoms with E-state index in [2.05, 4.69) is 6.92 Å². The van der Waals surface area contributed by atoms with Crippen LogP contribution in [-0.4, -0.2) is 33.7 Å². The van der Waals surface area contributed by atoms with Crippen molar-refractivity contribution in [2.75, 3.05) is 7.11 Å². The summed E-state index contributed by atoms with van der Waals surface area (Å²) in [4.78, 5) is 42.5. The average molecular weight is 463 g/mol. The number of aryl methyl sites for hydroxylation is 2. The van der Waals surface area contributed by atoms with Crippen LogP contribution in [0, 0.1) is 0 Å². The Hall–Kier alpha value is -3.52. The number of rotatable bonds is 5. The number of hydrogen-bond donors (Lipinski definition) is 1. The number of pyridine rings is 2. The van der Waals surface area contributed by atoms with Gasteiger partial charge in [-0.3, -0.25) is 9.59 Å². The van der Waals surface area contributed by atoms with Gasteiger partial charge in [-0.05, 0) is 42.5 Å². The molecule has 8 heteroatoms. The number of hydrogen-bond acceptors (Lipinski definition) is 7. The zero-order chi connectivity index (χ0) is 24.2. The zero-order valence-electron chi connectivity index (χ0n) is 19.4. The third kappa shape index (κ3) is 3.09. The topological polar surface area (TPSA) is 108 Å². The first-order valence-corrected chi connectivity index (χ1v) is 11.5. The van der Waals surface area contributed by atoms with Crippen LogP contribution < -0.4 is 5.56 Å². The Labute approximate surface area is 196 Å². The number of carbonyl (C=O) groups excluding carboxylic acids is 2. The lowest BCUT2D eigenvalue weighted by molar-refractivity contribution is -0.172. The highest BCUT2D eigenvalue weighted by molar-refractivity contribution is 5.91. The number of aliphatic hydroxyl groups is 1. The predicted octanol–water partition coefficient (Wildman–Crippen LogP) is 2.75. The summed E-state index contributed by atoms with van der Waals surface area (Å²) in [5.74, 6) is -1.00. The largest absolute Gasteiger partial charge is 0.469 e. The minimum Gasteiger partial charge on any atom is -0.469 e. The van der Waals surface area contributed by atoms with Gasteiger partial charge in [0.1, 0.15) is 6.61 Å². The van der Waals surface area contributed by atoms with Crippen LogP contribution in [0.5, 0.6) is 0 Å². The van der Waals surface area contributed by atoms with Gasteiger partial charge in [0.2, 0.25) is 0 Å². The number of benzene rings is 1. The number of methoxy groups -OCH3 is 1. The summed E-state index contributed by atoms with van der Waals surface area (Å²) in [6.07, 6.45) is 1.62. The third-order valence-corrected chi connectivity index (χ3v) is 7.09. The molecule has 0 radical (unpaired) electrons. The van der Waals surface area contributed by atoms with E-state index in [1.165, 1.54) is 7.11 Å². The monoisotopic (exact) mass is 462 g/mol. The van der Waals surface area contributed by atoms with Crippen molar-refractivity contribution in [3.63, 3.8) is 0 Å². The lowest BCUT2D eigenvalue weighted by Gasteiger charge is -2.31. The van der Waals surface area contributed by atoms with Crippen LogP contribution in [0.1, 0.15) is 54.5 Å². The Morgan fingerprint density at radius 1 is 1.26 bits per heavy atom. The highest BCUT2D eigenvalue weighted by Gasteiger charge is 2.45. The molecule has 1 unspecified atom stereocenters. The highest BCUT2D eigenvalue weighted by Crippen LogP contribution is 2.40. The molecule has 0 saturated carbocycles. The van der Waals surface area contributed by atoms with Crippen LogP contribution in [0.15, 0.2) is 29.1 Å².